The van der Waals surface area contributed by atoms with Gasteiger partial charge in [0.2, 0.25) is 6.29 Å². The smallest absolute Gasteiger partial charge is 0.201 e. The highest BCUT2D eigenvalue weighted by Gasteiger charge is 2.12. The van der Waals surface area contributed by atoms with Gasteiger partial charge in [-0.2, -0.15) is 0 Å². The predicted molar refractivity (Wildman–Crippen MR) is 32.6 cm³/mol. The number of aliphatic hydroxyl groups excluding tert-OH is 2. The van der Waals surface area contributed by atoms with Crippen molar-refractivity contribution in [1.82, 2.24) is 0 Å². The topological polar surface area (TPSA) is 57.5 Å². The molecule has 0 aromatic rings. The van der Waals surface area contributed by atoms with Crippen LogP contribution >= 0.6 is 0 Å². The van der Waals surface area contributed by atoms with Crippen LogP contribution in [0.5, 0.6) is 0 Å². The Labute approximate surface area is 54.3 Å². The molecule has 2 atom stereocenters. The van der Waals surface area contributed by atoms with E-state index in [0.717, 1.165) is 0 Å². The van der Waals surface area contributed by atoms with Crippen LogP contribution in [-0.4, -0.2) is 28.7 Å². The molecule has 0 spiro atoms. The largest absolute Gasteiger partial charge is 0.390 e. The van der Waals surface area contributed by atoms with E-state index in [1.807, 2.05) is 0 Å². The van der Waals surface area contributed by atoms with E-state index in [0.29, 0.717) is 6.42 Å². The second-order valence-electron chi connectivity index (χ2n) is 1.89. The molecule has 1 radical (unpaired) electrons. The van der Waals surface area contributed by atoms with E-state index in [1.165, 1.54) is 6.29 Å². The summed E-state index contributed by atoms with van der Waals surface area (Å²) in [5, 5.41) is 17.6. The monoisotopic (exact) mass is 131 g/mol. The van der Waals surface area contributed by atoms with Crippen LogP contribution in [0.1, 0.15) is 19.8 Å². The van der Waals surface area contributed by atoms with Crippen molar-refractivity contribution < 1.29 is 15.0 Å². The summed E-state index contributed by atoms with van der Waals surface area (Å²) in [6.07, 6.45) is 0.158. The van der Waals surface area contributed by atoms with E-state index < -0.39 is 12.2 Å². The Morgan fingerprint density at radius 3 is 2.33 bits per heavy atom. The van der Waals surface area contributed by atoms with E-state index >= 15 is 0 Å². The van der Waals surface area contributed by atoms with E-state index in [1.54, 1.807) is 6.92 Å². The lowest BCUT2D eigenvalue weighted by atomic mass is 10.1. The molecule has 0 aliphatic carbocycles. The summed E-state index contributed by atoms with van der Waals surface area (Å²) in [5.74, 6) is 0. The molecule has 0 saturated heterocycles. The van der Waals surface area contributed by atoms with E-state index in [4.69, 9.17) is 10.2 Å². The van der Waals surface area contributed by atoms with Gasteiger partial charge in [0.1, 0.15) is 0 Å². The van der Waals surface area contributed by atoms with Crippen LogP contribution < -0.4 is 0 Å². The average molecular weight is 131 g/mol. The molecule has 2 unspecified atom stereocenters. The van der Waals surface area contributed by atoms with Gasteiger partial charge >= 0.3 is 0 Å². The zero-order valence-corrected chi connectivity index (χ0v) is 5.37. The summed E-state index contributed by atoms with van der Waals surface area (Å²) in [4.78, 5) is 9.64. The summed E-state index contributed by atoms with van der Waals surface area (Å²) in [6.45, 7) is 1.73. The fraction of sp³-hybridized carbons (Fsp3) is 0.833. The van der Waals surface area contributed by atoms with Gasteiger partial charge in [-0.3, -0.25) is 4.79 Å². The van der Waals surface area contributed by atoms with Crippen molar-refractivity contribution in [3.8, 4) is 0 Å². The van der Waals surface area contributed by atoms with Crippen molar-refractivity contribution in [2.24, 2.45) is 0 Å². The van der Waals surface area contributed by atoms with Gasteiger partial charge < -0.3 is 10.2 Å². The van der Waals surface area contributed by atoms with Gasteiger partial charge in [-0.25, -0.2) is 0 Å². The third-order valence-electron chi connectivity index (χ3n) is 1.15. The highest BCUT2D eigenvalue weighted by Crippen LogP contribution is 1.99. The fourth-order valence-electron chi connectivity index (χ4n) is 0.493. The lowest BCUT2D eigenvalue weighted by Crippen LogP contribution is -2.24. The van der Waals surface area contributed by atoms with E-state index in [9.17, 15) is 4.79 Å². The lowest BCUT2D eigenvalue weighted by molar-refractivity contribution is 0.0220. The Kier molecular flexibility index (Phi) is 4.26. The van der Waals surface area contributed by atoms with Crippen molar-refractivity contribution in [3.63, 3.8) is 0 Å². The van der Waals surface area contributed by atoms with Crippen molar-refractivity contribution in [1.29, 1.82) is 0 Å². The predicted octanol–water partition coefficient (Wildman–Crippen LogP) is -0.382. The van der Waals surface area contributed by atoms with Crippen molar-refractivity contribution >= 4 is 6.29 Å². The van der Waals surface area contributed by atoms with Crippen LogP contribution in [0.2, 0.25) is 0 Å². The molecule has 0 fully saturated rings. The van der Waals surface area contributed by atoms with Crippen LogP contribution in [0.25, 0.3) is 0 Å². The molecular formula is C6H11O3. The Morgan fingerprint density at radius 2 is 2.00 bits per heavy atom. The third-order valence-corrected chi connectivity index (χ3v) is 1.15. The highest BCUT2D eigenvalue weighted by molar-refractivity contribution is 5.51. The second kappa shape index (κ2) is 4.47. The normalized spacial score (nSPS) is 16.8. The number of aliphatic hydroxyl groups is 2. The SMILES string of the molecule is CCC(O)C(O)C[C]=O. The average Bonchev–Trinajstić information content (AvgIpc) is 1.87. The van der Waals surface area contributed by atoms with Crippen LogP contribution in [0.3, 0.4) is 0 Å². The fourth-order valence-corrected chi connectivity index (χ4v) is 0.493. The molecule has 2 N–H and O–H groups in total. The molecule has 53 valence electrons. The van der Waals surface area contributed by atoms with Crippen LogP contribution in [-0.2, 0) is 4.79 Å². The van der Waals surface area contributed by atoms with Gasteiger partial charge in [-0.05, 0) is 6.42 Å². The van der Waals surface area contributed by atoms with Gasteiger partial charge in [0, 0.05) is 6.42 Å². The molecule has 0 bridgehead atoms. The summed E-state index contributed by atoms with van der Waals surface area (Å²) in [7, 11) is 0. The first-order valence-corrected chi connectivity index (χ1v) is 2.93. The number of hydrogen-bond acceptors (Lipinski definition) is 3. The minimum atomic E-state index is -0.938. The summed E-state index contributed by atoms with van der Waals surface area (Å²) in [6, 6.07) is 0. The highest BCUT2D eigenvalue weighted by atomic mass is 16.3. The number of carbonyl (C=O) groups excluding carboxylic acids is 1. The summed E-state index contributed by atoms with van der Waals surface area (Å²) >= 11 is 0. The first kappa shape index (κ1) is 8.59. The molecule has 3 nitrogen and oxygen atoms in total. The quantitative estimate of drug-likeness (QED) is 0.546. The van der Waals surface area contributed by atoms with Gasteiger partial charge in [0.25, 0.3) is 0 Å². The minimum Gasteiger partial charge on any atom is -0.390 e. The Hall–Kier alpha value is -0.410. The van der Waals surface area contributed by atoms with Crippen molar-refractivity contribution in [2.75, 3.05) is 0 Å². The van der Waals surface area contributed by atoms with E-state index in [2.05, 4.69) is 0 Å². The van der Waals surface area contributed by atoms with Gasteiger partial charge in [-0.1, -0.05) is 6.92 Å². The Balaban J connectivity index is 3.44. The molecular weight excluding hydrogens is 120 g/mol. The molecule has 3 heteroatoms. The number of rotatable bonds is 4. The second-order valence-corrected chi connectivity index (χ2v) is 1.89. The molecule has 0 saturated carbocycles. The van der Waals surface area contributed by atoms with E-state index in [-0.39, 0.29) is 6.42 Å². The first-order valence-electron chi connectivity index (χ1n) is 2.93. The molecule has 9 heavy (non-hydrogen) atoms. The molecule has 0 aromatic heterocycles. The van der Waals surface area contributed by atoms with Gasteiger partial charge in [0.05, 0.1) is 12.2 Å². The zero-order valence-electron chi connectivity index (χ0n) is 5.37. The van der Waals surface area contributed by atoms with Crippen molar-refractivity contribution in [2.45, 2.75) is 32.0 Å². The van der Waals surface area contributed by atoms with Gasteiger partial charge in [-0.15, -0.1) is 0 Å². The maximum absolute atomic E-state index is 9.64. The van der Waals surface area contributed by atoms with Crippen LogP contribution in [0.4, 0.5) is 0 Å². The molecule has 0 aromatic carbocycles. The third kappa shape index (κ3) is 3.21. The maximum Gasteiger partial charge on any atom is 0.201 e. The number of hydrogen-bond donors (Lipinski definition) is 2. The van der Waals surface area contributed by atoms with Crippen LogP contribution in [0.15, 0.2) is 0 Å². The summed E-state index contributed by atoms with van der Waals surface area (Å²) < 4.78 is 0. The van der Waals surface area contributed by atoms with Crippen molar-refractivity contribution in [3.05, 3.63) is 0 Å². The zero-order chi connectivity index (χ0) is 7.28. The molecule has 0 heterocycles. The summed E-state index contributed by atoms with van der Waals surface area (Å²) in [5.41, 5.74) is 0. The van der Waals surface area contributed by atoms with Crippen LogP contribution in [0, 0.1) is 0 Å². The Bertz CT molecular complexity index is 82.4. The standard InChI is InChI=1S/C6H11O3/c1-2-5(8)6(9)3-4-7/h5-6,8-9H,2-3H2,1H3. The Morgan fingerprint density at radius 1 is 1.44 bits per heavy atom. The lowest BCUT2D eigenvalue weighted by Gasteiger charge is -2.11. The molecule has 0 amide bonds. The molecule has 0 aliphatic heterocycles. The minimum absolute atomic E-state index is 0.102. The molecule has 0 aliphatic rings. The first-order chi connectivity index (χ1) is 4.22. The maximum atomic E-state index is 9.64. The van der Waals surface area contributed by atoms with Gasteiger partial charge in [0.15, 0.2) is 0 Å². The molecule has 0 rings (SSSR count).